The molecule has 3 aromatic rings. The SMILES string of the molecule is CCOc1ccccc1NC(=O)CC1CCN(S(=O)(=O)c2ccc3c(c2)oc(=O)n3CC)CC1. The van der Waals surface area contributed by atoms with Gasteiger partial charge in [-0.3, -0.25) is 9.36 Å². The Morgan fingerprint density at radius 2 is 1.88 bits per heavy atom. The zero-order chi connectivity index (χ0) is 24.3. The van der Waals surface area contributed by atoms with Gasteiger partial charge in [-0.15, -0.1) is 0 Å². The van der Waals surface area contributed by atoms with Crippen LogP contribution in [0.2, 0.25) is 0 Å². The Balaban J connectivity index is 1.38. The molecule has 0 radical (unpaired) electrons. The molecule has 2 aromatic carbocycles. The number of amides is 1. The highest BCUT2D eigenvalue weighted by atomic mass is 32.2. The summed E-state index contributed by atoms with van der Waals surface area (Å²) in [6.45, 7) is 5.31. The number of hydrogen-bond donors (Lipinski definition) is 1. The first-order chi connectivity index (χ1) is 16.3. The predicted molar refractivity (Wildman–Crippen MR) is 128 cm³/mol. The first-order valence-electron chi connectivity index (χ1n) is 11.5. The maximum absolute atomic E-state index is 13.2. The third kappa shape index (κ3) is 4.88. The number of sulfonamides is 1. The Morgan fingerprint density at radius 3 is 2.59 bits per heavy atom. The minimum Gasteiger partial charge on any atom is -0.492 e. The standard InChI is InChI=1S/C24H29N3O6S/c1-3-27-20-10-9-18(16-22(20)33-24(27)29)34(30,31)26-13-11-17(12-14-26)15-23(28)25-19-7-5-6-8-21(19)32-4-2/h5-10,16-17H,3-4,11-15H2,1-2H3,(H,25,28). The molecule has 34 heavy (non-hydrogen) atoms. The molecule has 0 bridgehead atoms. The number of aromatic nitrogens is 1. The second-order valence-corrected chi connectivity index (χ2v) is 10.2. The molecule has 0 atom stereocenters. The smallest absolute Gasteiger partial charge is 0.419 e. The molecule has 0 spiro atoms. The summed E-state index contributed by atoms with van der Waals surface area (Å²) in [5.41, 5.74) is 1.46. The van der Waals surface area contributed by atoms with Crippen LogP contribution in [0.5, 0.6) is 5.75 Å². The van der Waals surface area contributed by atoms with Crippen LogP contribution < -0.4 is 15.8 Å². The number of hydrogen-bond acceptors (Lipinski definition) is 6. The van der Waals surface area contributed by atoms with Gasteiger partial charge in [-0.1, -0.05) is 12.1 Å². The summed E-state index contributed by atoms with van der Waals surface area (Å²) in [5, 5.41) is 2.90. The number of nitrogens with one attached hydrogen (secondary N) is 1. The van der Waals surface area contributed by atoms with Crippen molar-refractivity contribution in [3.05, 3.63) is 53.0 Å². The van der Waals surface area contributed by atoms with E-state index >= 15 is 0 Å². The zero-order valence-corrected chi connectivity index (χ0v) is 20.1. The van der Waals surface area contributed by atoms with Crippen molar-refractivity contribution in [1.29, 1.82) is 0 Å². The van der Waals surface area contributed by atoms with Crippen LogP contribution in [-0.2, 0) is 21.4 Å². The van der Waals surface area contributed by atoms with Crippen LogP contribution in [0.1, 0.15) is 33.1 Å². The number of carbonyl (C=O) groups is 1. The number of fused-ring (bicyclic) bond motifs is 1. The quantitative estimate of drug-likeness (QED) is 0.521. The molecule has 182 valence electrons. The largest absolute Gasteiger partial charge is 0.492 e. The van der Waals surface area contributed by atoms with Gasteiger partial charge in [0.1, 0.15) is 5.75 Å². The van der Waals surface area contributed by atoms with Crippen molar-refractivity contribution in [2.24, 2.45) is 5.92 Å². The number of aryl methyl sites for hydroxylation is 1. The summed E-state index contributed by atoms with van der Waals surface area (Å²) in [6, 6.07) is 11.8. The van der Waals surface area contributed by atoms with Crippen LogP contribution in [0.3, 0.4) is 0 Å². The molecule has 1 aliphatic rings. The number of piperidine rings is 1. The number of benzene rings is 2. The van der Waals surface area contributed by atoms with Gasteiger partial charge in [-0.25, -0.2) is 13.2 Å². The molecule has 1 aliphatic heterocycles. The minimum absolute atomic E-state index is 0.0878. The highest BCUT2D eigenvalue weighted by Gasteiger charge is 2.31. The van der Waals surface area contributed by atoms with Crippen LogP contribution in [0.25, 0.3) is 11.1 Å². The maximum atomic E-state index is 13.2. The fourth-order valence-corrected chi connectivity index (χ4v) is 5.81. The topological polar surface area (TPSA) is 111 Å². The molecule has 0 saturated carbocycles. The Labute approximate surface area is 198 Å². The average molecular weight is 488 g/mol. The molecule has 1 N–H and O–H groups in total. The summed E-state index contributed by atoms with van der Waals surface area (Å²) in [6.07, 6.45) is 1.49. The lowest BCUT2D eigenvalue weighted by Crippen LogP contribution is -2.39. The van der Waals surface area contributed by atoms with Crippen molar-refractivity contribution in [1.82, 2.24) is 8.87 Å². The van der Waals surface area contributed by atoms with Gasteiger partial charge in [0.15, 0.2) is 5.58 Å². The van der Waals surface area contributed by atoms with Gasteiger partial charge in [0.05, 0.1) is 22.7 Å². The molecular weight excluding hydrogens is 458 g/mol. The van der Waals surface area contributed by atoms with Gasteiger partial charge in [-0.05, 0) is 56.9 Å². The summed E-state index contributed by atoms with van der Waals surface area (Å²) in [5.74, 6) is 0.0931. The summed E-state index contributed by atoms with van der Waals surface area (Å²) >= 11 is 0. The van der Waals surface area contributed by atoms with Crippen LogP contribution in [0.4, 0.5) is 5.69 Å². The summed E-state index contributed by atoms with van der Waals surface area (Å²) < 4.78 is 40.0. The Morgan fingerprint density at radius 1 is 1.15 bits per heavy atom. The van der Waals surface area contributed by atoms with Gasteiger partial charge in [0, 0.05) is 32.1 Å². The third-order valence-corrected chi connectivity index (χ3v) is 8.00. The van der Waals surface area contributed by atoms with Crippen molar-refractivity contribution in [2.45, 2.75) is 44.6 Å². The number of anilines is 1. The second-order valence-electron chi connectivity index (χ2n) is 8.27. The molecule has 0 aliphatic carbocycles. The number of nitrogens with zero attached hydrogens (tertiary/aromatic N) is 2. The number of carbonyl (C=O) groups excluding carboxylic acids is 1. The van der Waals surface area contributed by atoms with Crippen molar-refractivity contribution in [2.75, 3.05) is 25.0 Å². The van der Waals surface area contributed by atoms with E-state index in [-0.39, 0.29) is 22.3 Å². The van der Waals surface area contributed by atoms with Crippen LogP contribution >= 0.6 is 0 Å². The fraction of sp³-hybridized carbons (Fsp3) is 0.417. The second kappa shape index (κ2) is 10.0. The first kappa shape index (κ1) is 24.0. The lowest BCUT2D eigenvalue weighted by atomic mass is 9.94. The van der Waals surface area contributed by atoms with E-state index in [1.54, 1.807) is 12.1 Å². The maximum Gasteiger partial charge on any atom is 0.419 e. The molecule has 1 aromatic heterocycles. The number of oxazole rings is 1. The molecule has 1 fully saturated rings. The highest BCUT2D eigenvalue weighted by Crippen LogP contribution is 2.29. The van der Waals surface area contributed by atoms with Crippen molar-refractivity contribution < 1.29 is 22.4 Å². The van der Waals surface area contributed by atoms with Gasteiger partial charge < -0.3 is 14.5 Å². The van der Waals surface area contributed by atoms with Crippen LogP contribution in [0.15, 0.2) is 56.6 Å². The Bertz CT molecular complexity index is 1340. The number of ether oxygens (including phenoxy) is 1. The van der Waals surface area contributed by atoms with E-state index in [1.807, 2.05) is 32.0 Å². The monoisotopic (exact) mass is 487 g/mol. The number of para-hydroxylation sites is 2. The number of rotatable bonds is 8. The van der Waals surface area contributed by atoms with Crippen LogP contribution in [0, 0.1) is 5.92 Å². The average Bonchev–Trinajstić information content (AvgIpc) is 3.15. The van der Waals surface area contributed by atoms with Crippen molar-refractivity contribution in [3.63, 3.8) is 0 Å². The Hall–Kier alpha value is -3.11. The van der Waals surface area contributed by atoms with E-state index in [0.29, 0.717) is 62.5 Å². The predicted octanol–water partition coefficient (Wildman–Crippen LogP) is 3.44. The fourth-order valence-electron chi connectivity index (χ4n) is 4.32. The van der Waals surface area contributed by atoms with Crippen molar-refractivity contribution in [3.8, 4) is 5.75 Å². The molecular formula is C24H29N3O6S. The van der Waals surface area contributed by atoms with Crippen molar-refractivity contribution >= 4 is 32.7 Å². The minimum atomic E-state index is -3.73. The van der Waals surface area contributed by atoms with Gasteiger partial charge in [-0.2, -0.15) is 4.31 Å². The lowest BCUT2D eigenvalue weighted by Gasteiger charge is -2.31. The van der Waals surface area contributed by atoms with E-state index in [0.717, 1.165) is 0 Å². The van der Waals surface area contributed by atoms with E-state index in [4.69, 9.17) is 9.15 Å². The zero-order valence-electron chi connectivity index (χ0n) is 19.3. The summed E-state index contributed by atoms with van der Waals surface area (Å²) in [4.78, 5) is 24.6. The Kier molecular flexibility index (Phi) is 7.08. The van der Waals surface area contributed by atoms with E-state index in [9.17, 15) is 18.0 Å². The third-order valence-electron chi connectivity index (χ3n) is 6.10. The van der Waals surface area contributed by atoms with Gasteiger partial charge >= 0.3 is 5.76 Å². The molecule has 9 nitrogen and oxygen atoms in total. The molecule has 1 amide bonds. The van der Waals surface area contributed by atoms with Gasteiger partial charge in [0.2, 0.25) is 15.9 Å². The molecule has 0 unspecified atom stereocenters. The van der Waals surface area contributed by atoms with E-state index in [2.05, 4.69) is 5.32 Å². The normalized spacial score (nSPS) is 15.5. The van der Waals surface area contributed by atoms with Gasteiger partial charge in [0.25, 0.3) is 0 Å². The molecule has 4 rings (SSSR count). The first-order valence-corrected chi connectivity index (χ1v) is 12.9. The summed E-state index contributed by atoms with van der Waals surface area (Å²) in [7, 11) is -3.73. The lowest BCUT2D eigenvalue weighted by molar-refractivity contribution is -0.117. The molecule has 2 heterocycles. The van der Waals surface area contributed by atoms with Crippen LogP contribution in [-0.4, -0.2) is 42.9 Å². The highest BCUT2D eigenvalue weighted by molar-refractivity contribution is 7.89. The van der Waals surface area contributed by atoms with E-state index in [1.165, 1.54) is 21.0 Å². The molecule has 1 saturated heterocycles. The molecule has 10 heteroatoms. The van der Waals surface area contributed by atoms with E-state index < -0.39 is 15.8 Å².